The molecule has 0 aliphatic heterocycles. The number of ether oxygens (including phenoxy) is 1. The maximum Gasteiger partial charge on any atom is 0.527 e. The molecule has 0 amide bonds. The fourth-order valence-corrected chi connectivity index (χ4v) is 3.46. The molecule has 7 heteroatoms. The maximum atomic E-state index is 12.0. The third-order valence-electron chi connectivity index (χ3n) is 4.04. The largest absolute Gasteiger partial charge is 0.527 e. The van der Waals surface area contributed by atoms with Gasteiger partial charge >= 0.3 is 7.82 Å². The molecule has 1 rings (SSSR count). The molecule has 1 atom stereocenters. The van der Waals surface area contributed by atoms with Crippen LogP contribution in [-0.4, -0.2) is 24.7 Å². The van der Waals surface area contributed by atoms with E-state index in [1.165, 1.54) is 57.1 Å². The minimum absolute atomic E-state index is 0.00755. The fourth-order valence-electron chi connectivity index (χ4n) is 2.55. The summed E-state index contributed by atoms with van der Waals surface area (Å²) in [5, 5.41) is 0.158. The summed E-state index contributed by atoms with van der Waals surface area (Å²) < 4.78 is 42.3. The average Bonchev–Trinajstić information content (AvgIpc) is 2.66. The van der Waals surface area contributed by atoms with Crippen molar-refractivity contribution in [2.24, 2.45) is 0 Å². The van der Waals surface area contributed by atoms with Crippen molar-refractivity contribution in [3.8, 4) is 5.75 Å². The molecule has 0 heterocycles. The number of phosphoric acid groups is 1. The van der Waals surface area contributed by atoms with Crippen molar-refractivity contribution < 1.29 is 26.0 Å². The van der Waals surface area contributed by atoms with Gasteiger partial charge in [0, 0.05) is 6.61 Å². The minimum Gasteiger partial charge on any atom is -0.403 e. The van der Waals surface area contributed by atoms with Crippen LogP contribution in [0.1, 0.15) is 73.9 Å². The van der Waals surface area contributed by atoms with Gasteiger partial charge in [0.1, 0.15) is 5.75 Å². The van der Waals surface area contributed by atoms with Crippen LogP contribution < -0.4 is 4.52 Å². The zero-order chi connectivity index (χ0) is 21.6. The Balaban J connectivity index is 2.14. The van der Waals surface area contributed by atoms with Crippen molar-refractivity contribution in [2.75, 3.05) is 19.8 Å². The molecule has 1 aromatic carbocycles. The zero-order valence-corrected chi connectivity index (χ0v) is 17.9. The van der Waals surface area contributed by atoms with Gasteiger partial charge < -0.3 is 9.26 Å². The first kappa shape index (κ1) is 21.1. The van der Waals surface area contributed by atoms with Crippen LogP contribution in [0.2, 0.25) is 5.02 Å². The molecule has 0 aliphatic rings. The van der Waals surface area contributed by atoms with Crippen LogP contribution in [0.5, 0.6) is 5.75 Å². The number of benzene rings is 1. The summed E-state index contributed by atoms with van der Waals surface area (Å²) in [7, 11) is -4.51. The van der Waals surface area contributed by atoms with E-state index in [1.807, 2.05) is 0 Å². The molecule has 0 radical (unpaired) electrons. The van der Waals surface area contributed by atoms with Gasteiger partial charge in [0.25, 0.3) is 0 Å². The summed E-state index contributed by atoms with van der Waals surface area (Å²) in [6, 6.07) is 6.17. The van der Waals surface area contributed by atoms with Crippen LogP contribution in [0.3, 0.4) is 0 Å². The molecule has 0 aliphatic carbocycles. The standard InChI is InChI=1S/C20H34ClO5P/c1-2-3-4-5-6-7-8-9-10-13-16-24-17-18-25-27(22,23)26-20-15-12-11-14-19(20)21/h11-12,14-15H,2-10,13,16-18H2,1H3,(H,22,23)/i17D2. The van der Waals surface area contributed by atoms with E-state index in [-0.39, 0.29) is 17.4 Å². The SMILES string of the molecule is [2H]C([2H])(COP(=O)(O)Oc1ccccc1Cl)OCCCCCCCCCCCC. The van der Waals surface area contributed by atoms with Crippen molar-refractivity contribution in [3.05, 3.63) is 29.3 Å². The van der Waals surface area contributed by atoms with Crippen molar-refractivity contribution >= 4 is 19.4 Å². The van der Waals surface area contributed by atoms with Crippen LogP contribution in [-0.2, 0) is 13.8 Å². The minimum atomic E-state index is -4.51. The number of hydrogen-bond acceptors (Lipinski definition) is 4. The summed E-state index contributed by atoms with van der Waals surface area (Å²) >= 11 is 5.87. The Morgan fingerprint density at radius 2 is 1.59 bits per heavy atom. The van der Waals surface area contributed by atoms with Crippen molar-refractivity contribution in [1.29, 1.82) is 0 Å². The van der Waals surface area contributed by atoms with E-state index in [9.17, 15) is 9.46 Å². The van der Waals surface area contributed by atoms with Crippen LogP contribution in [0.4, 0.5) is 0 Å². The Morgan fingerprint density at radius 1 is 1.00 bits per heavy atom. The molecule has 0 fully saturated rings. The highest BCUT2D eigenvalue weighted by molar-refractivity contribution is 7.47. The first-order chi connectivity index (χ1) is 13.8. The third-order valence-corrected chi connectivity index (χ3v) is 5.23. The highest BCUT2D eigenvalue weighted by Crippen LogP contribution is 2.45. The third kappa shape index (κ3) is 13.3. The molecular weight excluding hydrogens is 387 g/mol. The lowest BCUT2D eigenvalue weighted by molar-refractivity contribution is 0.0845. The fraction of sp³-hybridized carbons (Fsp3) is 0.700. The summed E-state index contributed by atoms with van der Waals surface area (Å²) in [5.74, 6) is -0.00755. The number of rotatable bonds is 17. The highest BCUT2D eigenvalue weighted by atomic mass is 35.5. The molecular formula is C20H34ClO5P. The van der Waals surface area contributed by atoms with Crippen molar-refractivity contribution in [1.82, 2.24) is 0 Å². The maximum absolute atomic E-state index is 12.0. The Bertz CT molecular complexity index is 618. The Hall–Kier alpha value is -0.580. The molecule has 0 bridgehead atoms. The lowest BCUT2D eigenvalue weighted by Crippen LogP contribution is -2.06. The van der Waals surface area contributed by atoms with E-state index in [0.717, 1.165) is 19.3 Å². The lowest BCUT2D eigenvalue weighted by atomic mass is 10.1. The quantitative estimate of drug-likeness (QED) is 0.221. The molecule has 0 saturated heterocycles. The second-order valence-corrected chi connectivity index (χ2v) is 8.22. The Kier molecular flexibility index (Phi) is 12.0. The summed E-state index contributed by atoms with van der Waals surface area (Å²) in [5.41, 5.74) is 0. The van der Waals surface area contributed by atoms with Gasteiger partial charge in [-0.05, 0) is 18.6 Å². The number of hydrogen-bond donors (Lipinski definition) is 1. The molecule has 0 spiro atoms. The number of halogens is 1. The van der Waals surface area contributed by atoms with Crippen LogP contribution in [0, 0.1) is 0 Å². The van der Waals surface area contributed by atoms with Crippen LogP contribution in [0.25, 0.3) is 0 Å². The van der Waals surface area contributed by atoms with E-state index < -0.39 is 21.0 Å². The van der Waals surface area contributed by atoms with Gasteiger partial charge in [-0.15, -0.1) is 0 Å². The van der Waals surface area contributed by atoms with Gasteiger partial charge in [0.15, 0.2) is 0 Å². The van der Waals surface area contributed by atoms with Gasteiger partial charge in [-0.3, -0.25) is 9.42 Å². The van der Waals surface area contributed by atoms with E-state index >= 15 is 0 Å². The normalized spacial score (nSPS) is 15.1. The number of unbranched alkanes of at least 4 members (excludes halogenated alkanes) is 9. The monoisotopic (exact) mass is 422 g/mol. The first-order valence-corrected chi connectivity index (χ1v) is 11.7. The molecule has 1 N–H and O–H groups in total. The number of para-hydroxylation sites is 1. The van der Waals surface area contributed by atoms with Crippen LogP contribution >= 0.6 is 19.4 Å². The average molecular weight is 423 g/mol. The Morgan fingerprint density at radius 3 is 2.22 bits per heavy atom. The highest BCUT2D eigenvalue weighted by Gasteiger charge is 2.23. The van der Waals surface area contributed by atoms with E-state index in [0.29, 0.717) is 0 Å². The van der Waals surface area contributed by atoms with E-state index in [1.54, 1.807) is 12.1 Å². The first-order valence-electron chi connectivity index (χ1n) is 10.8. The molecule has 1 unspecified atom stereocenters. The van der Waals surface area contributed by atoms with E-state index in [2.05, 4.69) is 6.92 Å². The van der Waals surface area contributed by atoms with E-state index in [4.69, 9.17) is 28.1 Å². The smallest absolute Gasteiger partial charge is 0.403 e. The summed E-state index contributed by atoms with van der Waals surface area (Å²) in [4.78, 5) is 9.75. The summed E-state index contributed by atoms with van der Waals surface area (Å²) in [6.07, 6.45) is 11.8. The lowest BCUT2D eigenvalue weighted by Gasteiger charge is -2.13. The topological polar surface area (TPSA) is 65.0 Å². The second kappa shape index (κ2) is 15.4. The van der Waals surface area contributed by atoms with Gasteiger partial charge in [0.05, 0.1) is 20.9 Å². The van der Waals surface area contributed by atoms with Gasteiger partial charge in [-0.1, -0.05) is 88.4 Å². The van der Waals surface area contributed by atoms with Crippen molar-refractivity contribution in [2.45, 2.75) is 71.1 Å². The Labute approximate surface area is 171 Å². The molecule has 0 aromatic heterocycles. The molecule has 1 aromatic rings. The van der Waals surface area contributed by atoms with Gasteiger partial charge in [-0.2, -0.15) is 0 Å². The molecule has 5 nitrogen and oxygen atoms in total. The van der Waals surface area contributed by atoms with Gasteiger partial charge in [0.2, 0.25) is 0 Å². The molecule has 27 heavy (non-hydrogen) atoms. The zero-order valence-electron chi connectivity index (χ0n) is 18.2. The number of phosphoric ester groups is 1. The predicted octanol–water partition coefficient (Wildman–Crippen LogP) is 6.77. The summed E-state index contributed by atoms with van der Waals surface area (Å²) in [6.45, 7) is -0.452. The van der Waals surface area contributed by atoms with Crippen LogP contribution in [0.15, 0.2) is 24.3 Å². The second-order valence-electron chi connectivity index (χ2n) is 6.44. The molecule has 0 saturated carbocycles. The molecule has 156 valence electrons. The van der Waals surface area contributed by atoms with Gasteiger partial charge in [-0.25, -0.2) is 4.57 Å². The van der Waals surface area contributed by atoms with Crippen molar-refractivity contribution in [3.63, 3.8) is 0 Å². The predicted molar refractivity (Wildman–Crippen MR) is 111 cm³/mol.